The molecular weight excluding hydrogens is 375 g/mol. The van der Waals surface area contributed by atoms with Crippen LogP contribution in [0, 0.1) is 12.7 Å². The molecule has 29 heavy (non-hydrogen) atoms. The topological polar surface area (TPSA) is 95.4 Å². The van der Waals surface area contributed by atoms with E-state index in [0.717, 1.165) is 5.56 Å². The van der Waals surface area contributed by atoms with Crippen LogP contribution in [0.25, 0.3) is 17.3 Å². The normalized spacial score (nSPS) is 11.2. The van der Waals surface area contributed by atoms with Gasteiger partial charge in [0.15, 0.2) is 5.78 Å². The van der Waals surface area contributed by atoms with E-state index < -0.39 is 5.82 Å². The molecule has 0 saturated heterocycles. The summed E-state index contributed by atoms with van der Waals surface area (Å²) in [5.41, 5.74) is 3.41. The SMILES string of the molecule is COc1c(C)cc(C(=O)/C=C/c2cc(-c3ccc(CO)cc3F)n[nH]2)cc1CO. The fraction of sp³-hybridized carbons (Fsp3) is 0.182. The Morgan fingerprint density at radius 2 is 2.00 bits per heavy atom. The van der Waals surface area contributed by atoms with Gasteiger partial charge in [0, 0.05) is 16.7 Å². The average molecular weight is 396 g/mol. The van der Waals surface area contributed by atoms with Gasteiger partial charge in [-0.3, -0.25) is 9.89 Å². The molecule has 6 nitrogen and oxygen atoms in total. The molecule has 0 radical (unpaired) electrons. The first-order valence-corrected chi connectivity index (χ1v) is 8.92. The summed E-state index contributed by atoms with van der Waals surface area (Å²) < 4.78 is 19.4. The monoisotopic (exact) mass is 396 g/mol. The minimum atomic E-state index is -0.486. The van der Waals surface area contributed by atoms with Crippen LogP contribution in [0.15, 0.2) is 42.5 Å². The van der Waals surface area contributed by atoms with Crippen LogP contribution < -0.4 is 4.74 Å². The van der Waals surface area contributed by atoms with E-state index >= 15 is 0 Å². The van der Waals surface area contributed by atoms with Gasteiger partial charge in [0.1, 0.15) is 11.6 Å². The number of carbonyl (C=O) groups excluding carboxylic acids is 1. The number of rotatable bonds is 7. The molecule has 0 spiro atoms. The molecule has 0 aliphatic carbocycles. The molecular formula is C22H21FN2O4. The molecule has 0 fully saturated rings. The second kappa shape index (κ2) is 8.81. The Balaban J connectivity index is 1.81. The van der Waals surface area contributed by atoms with Gasteiger partial charge in [-0.2, -0.15) is 5.10 Å². The zero-order chi connectivity index (χ0) is 21.0. The van der Waals surface area contributed by atoms with Crippen LogP contribution in [0.3, 0.4) is 0 Å². The summed E-state index contributed by atoms with van der Waals surface area (Å²) in [7, 11) is 1.51. The predicted molar refractivity (Wildman–Crippen MR) is 107 cm³/mol. The van der Waals surface area contributed by atoms with Crippen molar-refractivity contribution in [3.05, 3.63) is 76.2 Å². The molecule has 0 saturated carbocycles. The first-order chi connectivity index (χ1) is 14.0. The van der Waals surface area contributed by atoms with Crippen LogP contribution in [0.5, 0.6) is 5.75 Å². The summed E-state index contributed by atoms with van der Waals surface area (Å²) in [6, 6.07) is 9.34. The number of aryl methyl sites for hydroxylation is 1. The predicted octanol–water partition coefficient (Wildman–Crippen LogP) is 3.41. The number of hydrogen-bond donors (Lipinski definition) is 3. The first kappa shape index (κ1) is 20.4. The molecule has 0 aliphatic rings. The Morgan fingerprint density at radius 1 is 1.21 bits per heavy atom. The largest absolute Gasteiger partial charge is 0.496 e. The number of ketones is 1. The molecule has 150 valence electrons. The third-order valence-electron chi connectivity index (χ3n) is 4.51. The van der Waals surface area contributed by atoms with Crippen LogP contribution in [0.1, 0.15) is 32.7 Å². The van der Waals surface area contributed by atoms with E-state index in [9.17, 15) is 14.3 Å². The zero-order valence-electron chi connectivity index (χ0n) is 16.1. The van der Waals surface area contributed by atoms with E-state index in [1.165, 1.54) is 19.3 Å². The highest BCUT2D eigenvalue weighted by molar-refractivity contribution is 6.07. The summed E-state index contributed by atoms with van der Waals surface area (Å²) in [6.07, 6.45) is 2.93. The average Bonchev–Trinajstić information content (AvgIpc) is 3.19. The minimum Gasteiger partial charge on any atom is -0.496 e. The highest BCUT2D eigenvalue weighted by Crippen LogP contribution is 2.26. The second-order valence-electron chi connectivity index (χ2n) is 6.52. The first-order valence-electron chi connectivity index (χ1n) is 8.92. The maximum atomic E-state index is 14.2. The van der Waals surface area contributed by atoms with E-state index in [-0.39, 0.29) is 19.0 Å². The molecule has 3 rings (SSSR count). The Labute approximate surface area is 167 Å². The van der Waals surface area contributed by atoms with Crippen molar-refractivity contribution in [3.63, 3.8) is 0 Å². The number of allylic oxidation sites excluding steroid dienone is 1. The lowest BCUT2D eigenvalue weighted by atomic mass is 10.0. The van der Waals surface area contributed by atoms with Crippen molar-refractivity contribution in [1.82, 2.24) is 10.2 Å². The van der Waals surface area contributed by atoms with Crippen molar-refractivity contribution >= 4 is 11.9 Å². The van der Waals surface area contributed by atoms with Crippen molar-refractivity contribution in [2.75, 3.05) is 7.11 Å². The Kier molecular flexibility index (Phi) is 6.21. The quantitative estimate of drug-likeness (QED) is 0.420. The van der Waals surface area contributed by atoms with Gasteiger partial charge in [-0.1, -0.05) is 6.07 Å². The maximum absolute atomic E-state index is 14.2. The molecule has 3 N–H and O–H groups in total. The van der Waals surface area contributed by atoms with Gasteiger partial charge in [-0.25, -0.2) is 4.39 Å². The number of halogens is 1. The minimum absolute atomic E-state index is 0.237. The second-order valence-corrected chi connectivity index (χ2v) is 6.52. The summed E-state index contributed by atoms with van der Waals surface area (Å²) in [6.45, 7) is 1.33. The molecule has 0 unspecified atom stereocenters. The number of benzene rings is 2. The standard InChI is InChI=1S/C22H21FN2O4/c1-13-7-15(9-16(12-27)22(13)29-2)21(28)6-4-17-10-20(25-24-17)18-5-3-14(11-26)8-19(18)23/h3-10,26-27H,11-12H2,1-2H3,(H,24,25)/b6-4+. The van der Waals surface area contributed by atoms with Gasteiger partial charge in [-0.15, -0.1) is 0 Å². The van der Waals surface area contributed by atoms with Gasteiger partial charge in [0.25, 0.3) is 0 Å². The van der Waals surface area contributed by atoms with Gasteiger partial charge in [0.05, 0.1) is 31.7 Å². The van der Waals surface area contributed by atoms with E-state index in [0.29, 0.717) is 39.4 Å². The number of aliphatic hydroxyl groups is 2. The Hall–Kier alpha value is -3.29. The Bertz CT molecular complexity index is 1070. The van der Waals surface area contributed by atoms with E-state index in [1.54, 1.807) is 43.3 Å². The smallest absolute Gasteiger partial charge is 0.185 e. The lowest BCUT2D eigenvalue weighted by Gasteiger charge is -2.11. The molecule has 0 atom stereocenters. The number of carbonyl (C=O) groups is 1. The summed E-state index contributed by atoms with van der Waals surface area (Å²) in [5, 5.41) is 25.4. The van der Waals surface area contributed by atoms with Gasteiger partial charge in [0.2, 0.25) is 0 Å². The lowest BCUT2D eigenvalue weighted by Crippen LogP contribution is -2.01. The molecule has 1 aromatic heterocycles. The molecule has 0 bridgehead atoms. The number of aromatic nitrogens is 2. The number of aromatic amines is 1. The number of aliphatic hydroxyl groups excluding tert-OH is 2. The van der Waals surface area contributed by atoms with Crippen molar-refractivity contribution in [1.29, 1.82) is 0 Å². The summed E-state index contributed by atoms with van der Waals surface area (Å²) >= 11 is 0. The van der Waals surface area contributed by atoms with E-state index in [4.69, 9.17) is 9.84 Å². The van der Waals surface area contributed by atoms with E-state index in [1.807, 2.05) is 0 Å². The fourth-order valence-corrected chi connectivity index (χ4v) is 3.09. The summed E-state index contributed by atoms with van der Waals surface area (Å²) in [5.74, 6) is -0.180. The third kappa shape index (κ3) is 4.42. The number of nitrogens with zero attached hydrogens (tertiary/aromatic N) is 1. The van der Waals surface area contributed by atoms with Crippen molar-refractivity contribution in [3.8, 4) is 17.0 Å². The highest BCUT2D eigenvalue weighted by Gasteiger charge is 2.12. The van der Waals surface area contributed by atoms with Crippen LogP contribution in [-0.4, -0.2) is 33.3 Å². The molecule has 3 aromatic rings. The van der Waals surface area contributed by atoms with Crippen LogP contribution in [0.4, 0.5) is 4.39 Å². The van der Waals surface area contributed by atoms with Gasteiger partial charge >= 0.3 is 0 Å². The number of H-pyrrole nitrogens is 1. The zero-order valence-corrected chi connectivity index (χ0v) is 16.1. The molecule has 1 heterocycles. The third-order valence-corrected chi connectivity index (χ3v) is 4.51. The highest BCUT2D eigenvalue weighted by atomic mass is 19.1. The van der Waals surface area contributed by atoms with Gasteiger partial charge < -0.3 is 14.9 Å². The molecule has 7 heteroatoms. The van der Waals surface area contributed by atoms with Crippen LogP contribution >= 0.6 is 0 Å². The number of nitrogens with one attached hydrogen (secondary N) is 1. The molecule has 2 aromatic carbocycles. The lowest BCUT2D eigenvalue weighted by molar-refractivity contribution is 0.104. The van der Waals surface area contributed by atoms with E-state index in [2.05, 4.69) is 10.2 Å². The van der Waals surface area contributed by atoms with Crippen molar-refractivity contribution in [2.45, 2.75) is 20.1 Å². The molecule has 0 aliphatic heterocycles. The Morgan fingerprint density at radius 3 is 2.66 bits per heavy atom. The van der Waals surface area contributed by atoms with Crippen molar-refractivity contribution < 1.29 is 24.1 Å². The van der Waals surface area contributed by atoms with Gasteiger partial charge in [-0.05, 0) is 60.5 Å². The van der Waals surface area contributed by atoms with Crippen molar-refractivity contribution in [2.24, 2.45) is 0 Å². The summed E-state index contributed by atoms with van der Waals surface area (Å²) in [4.78, 5) is 12.5. The number of hydrogen-bond acceptors (Lipinski definition) is 5. The van der Waals surface area contributed by atoms with Crippen LogP contribution in [0.2, 0.25) is 0 Å². The molecule has 0 amide bonds. The fourth-order valence-electron chi connectivity index (χ4n) is 3.09. The maximum Gasteiger partial charge on any atom is 0.185 e. The van der Waals surface area contributed by atoms with Crippen LogP contribution in [-0.2, 0) is 13.2 Å². The number of methoxy groups -OCH3 is 1. The number of ether oxygens (including phenoxy) is 1.